The minimum atomic E-state index is -1.34. The number of hydrogen-bond acceptors (Lipinski definition) is 8. The Hall–Kier alpha value is -3.28. The van der Waals surface area contributed by atoms with E-state index in [1.807, 2.05) is 26.0 Å². The number of carbonyl (C=O) groups excluding carboxylic acids is 1. The Morgan fingerprint density at radius 2 is 1.02 bits per heavy atom. The summed E-state index contributed by atoms with van der Waals surface area (Å²) in [4.78, 5) is 46.4. The third-order valence-electron chi connectivity index (χ3n) is 8.07. The number of carboxylic acids is 3. The van der Waals surface area contributed by atoms with Crippen molar-refractivity contribution in [3.8, 4) is 0 Å². The largest absolute Gasteiger partial charge is 0.481 e. The van der Waals surface area contributed by atoms with Crippen LogP contribution in [0.3, 0.4) is 0 Å². The smallest absolute Gasteiger partial charge is 0.328 e. The zero-order valence-electron chi connectivity index (χ0n) is 29.0. The molecule has 0 aliphatic rings. The number of allylic oxidation sites excluding steroid dienone is 6. The lowest BCUT2D eigenvalue weighted by Gasteiger charge is -2.27. The Bertz CT molecular complexity index is 1120. The van der Waals surface area contributed by atoms with Gasteiger partial charge in [-0.1, -0.05) is 69.2 Å². The average Bonchev–Trinajstić information content (AvgIpc) is 2.92. The highest BCUT2D eigenvalue weighted by Gasteiger charge is 2.35. The zero-order chi connectivity index (χ0) is 36.1. The molecular formula is C36H58O11. The molecule has 0 aromatic heterocycles. The predicted octanol–water partition coefficient (Wildman–Crippen LogP) is 5.69. The number of carbonyl (C=O) groups is 4. The minimum absolute atomic E-state index is 0.191. The van der Waals surface area contributed by atoms with Gasteiger partial charge in [-0.2, -0.15) is 0 Å². The summed E-state index contributed by atoms with van der Waals surface area (Å²) >= 11 is 0. The van der Waals surface area contributed by atoms with Gasteiger partial charge in [0.2, 0.25) is 0 Å². The highest BCUT2D eigenvalue weighted by molar-refractivity contribution is 5.81. The van der Waals surface area contributed by atoms with Gasteiger partial charge in [0.15, 0.2) is 0 Å². The molecule has 0 aromatic carbocycles. The second kappa shape index (κ2) is 23.9. The van der Waals surface area contributed by atoms with E-state index < -0.39 is 61.1 Å². The van der Waals surface area contributed by atoms with Gasteiger partial charge in [0.25, 0.3) is 0 Å². The fourth-order valence-electron chi connectivity index (χ4n) is 5.84. The lowest BCUT2D eigenvalue weighted by atomic mass is 9.92. The van der Waals surface area contributed by atoms with E-state index in [2.05, 4.69) is 13.8 Å². The second-order valence-electron chi connectivity index (χ2n) is 13.1. The van der Waals surface area contributed by atoms with Crippen LogP contribution in [-0.2, 0) is 23.9 Å². The third-order valence-corrected chi connectivity index (χ3v) is 8.07. The lowest BCUT2D eigenvalue weighted by molar-refractivity contribution is -0.169. The normalized spacial score (nSPS) is 17.0. The maximum absolute atomic E-state index is 13.0. The van der Waals surface area contributed by atoms with E-state index >= 15 is 0 Å². The van der Waals surface area contributed by atoms with Crippen LogP contribution >= 0.6 is 0 Å². The van der Waals surface area contributed by atoms with Crippen molar-refractivity contribution in [3.63, 3.8) is 0 Å². The Morgan fingerprint density at radius 3 is 1.40 bits per heavy atom. The topological polar surface area (TPSA) is 199 Å². The summed E-state index contributed by atoms with van der Waals surface area (Å²) in [5.41, 5.74) is 3.42. The summed E-state index contributed by atoms with van der Waals surface area (Å²) < 4.78 is 5.52. The number of aliphatic hydroxyl groups excluding tert-OH is 3. The maximum atomic E-state index is 13.0. The van der Waals surface area contributed by atoms with Crippen molar-refractivity contribution in [2.45, 2.75) is 118 Å². The fraction of sp³-hybridized carbons (Fsp3) is 0.667. The van der Waals surface area contributed by atoms with Gasteiger partial charge in [0, 0.05) is 12.2 Å². The summed E-state index contributed by atoms with van der Waals surface area (Å²) in [5, 5.41) is 57.7. The van der Waals surface area contributed by atoms with E-state index in [-0.39, 0.29) is 18.8 Å². The number of ether oxygens (including phenoxy) is 1. The molecule has 0 aliphatic heterocycles. The Balaban J connectivity index is 5.02. The van der Waals surface area contributed by atoms with Crippen molar-refractivity contribution in [1.29, 1.82) is 0 Å². The first-order valence-electron chi connectivity index (χ1n) is 16.5. The molecule has 0 aliphatic carbocycles. The van der Waals surface area contributed by atoms with E-state index in [9.17, 15) is 39.6 Å². The molecule has 0 saturated heterocycles. The Kier molecular flexibility index (Phi) is 22.3. The number of esters is 1. The molecule has 0 fully saturated rings. The van der Waals surface area contributed by atoms with E-state index in [1.54, 1.807) is 13.8 Å². The number of rotatable bonds is 25. The molecule has 6 atom stereocenters. The first-order valence-corrected chi connectivity index (χ1v) is 16.5. The highest BCUT2D eigenvalue weighted by atomic mass is 16.5. The molecule has 0 aromatic rings. The van der Waals surface area contributed by atoms with Gasteiger partial charge in [-0.15, -0.1) is 0 Å². The highest BCUT2D eigenvalue weighted by Crippen LogP contribution is 2.24. The molecule has 0 bridgehead atoms. The van der Waals surface area contributed by atoms with Gasteiger partial charge in [-0.25, -0.2) is 9.59 Å². The van der Waals surface area contributed by atoms with E-state index in [4.69, 9.17) is 14.9 Å². The van der Waals surface area contributed by atoms with E-state index in [0.29, 0.717) is 36.3 Å². The van der Waals surface area contributed by atoms with Gasteiger partial charge in [0.05, 0.1) is 19.3 Å². The van der Waals surface area contributed by atoms with Gasteiger partial charge in [-0.05, 0) is 82.8 Å². The first-order chi connectivity index (χ1) is 22.0. The quantitative estimate of drug-likeness (QED) is 0.0303. The summed E-state index contributed by atoms with van der Waals surface area (Å²) in [5.74, 6) is -6.19. The number of hydrogen-bond donors (Lipinski definition) is 6. The van der Waals surface area contributed by atoms with Crippen molar-refractivity contribution in [1.82, 2.24) is 0 Å². The standard InChI is InChI=1S/C36H58O11/c1-23(15-25(3)17-27(5)19-33(40)41)11-7-9-13-31(39)29(21-37)36(46)47-32(30(22-38)35(44)45)14-10-8-12-24(2)16-26(4)18-28(6)20-34(42)43/h17-20,23-24,29-32,37-39H,7-16,21-22H2,1-6H3,(H,40,41)(H,42,43)(H,44,45). The summed E-state index contributed by atoms with van der Waals surface area (Å²) in [7, 11) is 0. The van der Waals surface area contributed by atoms with Crippen LogP contribution < -0.4 is 0 Å². The zero-order valence-corrected chi connectivity index (χ0v) is 29.0. The van der Waals surface area contributed by atoms with Crippen molar-refractivity contribution in [2.24, 2.45) is 23.7 Å². The van der Waals surface area contributed by atoms with Crippen LogP contribution in [0.15, 0.2) is 46.6 Å². The van der Waals surface area contributed by atoms with Crippen LogP contribution in [0.1, 0.15) is 106 Å². The monoisotopic (exact) mass is 666 g/mol. The SMILES string of the molecule is CC(=CC(=O)O)C=C(C)CC(C)CCCCC(O)C(CO)C(=O)OC(CCCCC(C)CC(C)=CC(C)=CC(=O)O)C(CO)C(=O)O. The molecule has 47 heavy (non-hydrogen) atoms. The van der Waals surface area contributed by atoms with Gasteiger partial charge >= 0.3 is 23.9 Å². The van der Waals surface area contributed by atoms with Crippen molar-refractivity contribution >= 4 is 23.9 Å². The maximum Gasteiger partial charge on any atom is 0.328 e. The van der Waals surface area contributed by atoms with Crippen LogP contribution in [0.5, 0.6) is 0 Å². The van der Waals surface area contributed by atoms with Crippen molar-refractivity contribution in [3.05, 3.63) is 46.6 Å². The molecule has 268 valence electrons. The number of aliphatic carboxylic acids is 3. The van der Waals surface area contributed by atoms with E-state index in [1.165, 1.54) is 0 Å². The van der Waals surface area contributed by atoms with Crippen LogP contribution in [0.2, 0.25) is 0 Å². The number of unbranched alkanes of at least 4 members (excludes halogenated alkanes) is 2. The van der Waals surface area contributed by atoms with Crippen LogP contribution in [0.25, 0.3) is 0 Å². The third kappa shape index (κ3) is 20.5. The molecule has 0 spiro atoms. The average molecular weight is 667 g/mol. The minimum Gasteiger partial charge on any atom is -0.481 e. The first kappa shape index (κ1) is 43.7. The molecule has 6 N–H and O–H groups in total. The molecule has 0 heterocycles. The summed E-state index contributed by atoms with van der Waals surface area (Å²) in [6.07, 6.45) is 9.91. The van der Waals surface area contributed by atoms with E-state index in [0.717, 1.165) is 55.4 Å². The molecular weight excluding hydrogens is 608 g/mol. The fourth-order valence-corrected chi connectivity index (χ4v) is 5.84. The number of aliphatic hydroxyl groups is 3. The lowest BCUT2D eigenvalue weighted by Crippen LogP contribution is -2.40. The molecule has 0 amide bonds. The summed E-state index contributed by atoms with van der Waals surface area (Å²) in [6, 6.07) is 0. The predicted molar refractivity (Wildman–Crippen MR) is 179 cm³/mol. The molecule has 0 saturated carbocycles. The molecule has 11 nitrogen and oxygen atoms in total. The van der Waals surface area contributed by atoms with Gasteiger partial charge in [0.1, 0.15) is 17.9 Å². The van der Waals surface area contributed by atoms with Crippen molar-refractivity contribution in [2.75, 3.05) is 13.2 Å². The molecule has 0 radical (unpaired) electrons. The Labute approximate surface area is 279 Å². The van der Waals surface area contributed by atoms with Crippen LogP contribution in [0, 0.1) is 23.7 Å². The van der Waals surface area contributed by atoms with Crippen LogP contribution in [0.4, 0.5) is 0 Å². The Morgan fingerprint density at radius 1 is 0.617 bits per heavy atom. The van der Waals surface area contributed by atoms with Crippen LogP contribution in [-0.4, -0.2) is 79.9 Å². The molecule has 0 rings (SSSR count). The molecule has 6 unspecified atom stereocenters. The van der Waals surface area contributed by atoms with Gasteiger partial charge in [-0.3, -0.25) is 9.59 Å². The van der Waals surface area contributed by atoms with Gasteiger partial charge < -0.3 is 35.4 Å². The number of carboxylic acid groups (broad SMARTS) is 3. The van der Waals surface area contributed by atoms with Crippen molar-refractivity contribution < 1.29 is 54.6 Å². The molecule has 11 heteroatoms. The summed E-state index contributed by atoms with van der Waals surface area (Å²) in [6.45, 7) is 10.1. The second-order valence-corrected chi connectivity index (χ2v) is 13.1.